The van der Waals surface area contributed by atoms with E-state index in [1.54, 1.807) is 28.8 Å². The Morgan fingerprint density at radius 2 is 1.92 bits per heavy atom. The van der Waals surface area contributed by atoms with Crippen molar-refractivity contribution in [3.05, 3.63) is 69.7 Å². The summed E-state index contributed by atoms with van der Waals surface area (Å²) in [7, 11) is -4.19. The van der Waals surface area contributed by atoms with Crippen LogP contribution in [0.1, 0.15) is 36.0 Å². The van der Waals surface area contributed by atoms with Gasteiger partial charge in [-0.1, -0.05) is 47.1 Å². The number of piperidine rings is 1. The number of aliphatic hydroxyl groups is 1. The molecule has 0 bridgehead atoms. The Morgan fingerprint density at radius 1 is 1.15 bits per heavy atom. The van der Waals surface area contributed by atoms with Gasteiger partial charge in [0.2, 0.25) is 10.0 Å². The van der Waals surface area contributed by atoms with E-state index < -0.39 is 16.6 Å². The van der Waals surface area contributed by atoms with Crippen LogP contribution < -0.4 is 15.8 Å². The molecule has 5 N–H and O–H groups in total. The van der Waals surface area contributed by atoms with Crippen molar-refractivity contribution in [2.45, 2.75) is 46.6 Å². The summed E-state index contributed by atoms with van der Waals surface area (Å²) in [5.41, 5.74) is 8.98. The summed E-state index contributed by atoms with van der Waals surface area (Å²) in [5, 5.41) is 24.8. The van der Waals surface area contributed by atoms with Crippen molar-refractivity contribution < 1.29 is 13.5 Å². The molecule has 0 radical (unpaired) electrons. The standard InChI is InChI=1S/C25H25Cl2N7O3S2/c26-15-4-1-5-17(21(15)27)38-22-18(39(29,36)37)11-20(34-19(13-35)31-32-24(22)34)33-9-6-25(7-10-33)12-16-14(23(25)28)3-2-8-30-16/h1-5,8,11,23,35H,6-7,9-10,12-13,28H2,(H2,29,36,37)/t23-/m1/s1. The van der Waals surface area contributed by atoms with E-state index in [1.165, 1.54) is 6.07 Å². The number of nitrogens with two attached hydrogens (primary N) is 2. The number of fused-ring (bicyclic) bond motifs is 2. The number of hydrogen-bond acceptors (Lipinski definition) is 9. The summed E-state index contributed by atoms with van der Waals surface area (Å²) in [6.45, 7) is 0.821. The Labute approximate surface area is 239 Å². The average Bonchev–Trinajstić information content (AvgIpc) is 3.46. The van der Waals surface area contributed by atoms with E-state index in [4.69, 9.17) is 34.1 Å². The van der Waals surface area contributed by atoms with Crippen molar-refractivity contribution in [2.75, 3.05) is 18.0 Å². The molecule has 1 fully saturated rings. The molecule has 14 heteroatoms. The third-order valence-corrected chi connectivity index (χ3v) is 10.9. The summed E-state index contributed by atoms with van der Waals surface area (Å²) in [4.78, 5) is 7.27. The average molecular weight is 607 g/mol. The maximum absolute atomic E-state index is 12.9. The molecule has 0 saturated carbocycles. The minimum atomic E-state index is -4.19. The minimum Gasteiger partial charge on any atom is -0.388 e. The molecule has 10 nitrogen and oxygen atoms in total. The highest BCUT2D eigenvalue weighted by Crippen LogP contribution is 2.51. The molecular formula is C25H25Cl2N7O3S2. The summed E-state index contributed by atoms with van der Waals surface area (Å²) in [6, 6.07) is 10.4. The lowest BCUT2D eigenvalue weighted by Crippen LogP contribution is -2.45. The number of primary sulfonamides is 1. The molecule has 0 amide bonds. The number of aromatic nitrogens is 4. The van der Waals surface area contributed by atoms with Crippen LogP contribution in [0.15, 0.2) is 57.3 Å². The van der Waals surface area contributed by atoms with Crippen LogP contribution in [-0.4, -0.2) is 46.2 Å². The van der Waals surface area contributed by atoms with Crippen molar-refractivity contribution in [1.29, 1.82) is 0 Å². The Balaban J connectivity index is 1.42. The van der Waals surface area contributed by atoms with Gasteiger partial charge in [-0.3, -0.25) is 9.38 Å². The van der Waals surface area contributed by atoms with E-state index in [2.05, 4.69) is 20.1 Å². The van der Waals surface area contributed by atoms with Crippen molar-refractivity contribution in [2.24, 2.45) is 16.3 Å². The van der Waals surface area contributed by atoms with Gasteiger partial charge in [0, 0.05) is 42.0 Å². The van der Waals surface area contributed by atoms with Gasteiger partial charge >= 0.3 is 0 Å². The number of nitrogens with zero attached hydrogens (tertiary/aromatic N) is 5. The first kappa shape index (κ1) is 26.8. The molecule has 1 spiro atoms. The van der Waals surface area contributed by atoms with Gasteiger partial charge in [0.25, 0.3) is 0 Å². The number of anilines is 1. The van der Waals surface area contributed by atoms with Gasteiger partial charge < -0.3 is 15.7 Å². The number of benzene rings is 1. The second-order valence-corrected chi connectivity index (χ2v) is 13.2. The second-order valence-electron chi connectivity index (χ2n) is 9.87. The molecule has 1 aliphatic heterocycles. The summed E-state index contributed by atoms with van der Waals surface area (Å²) >= 11 is 13.7. The van der Waals surface area contributed by atoms with E-state index in [0.717, 1.165) is 42.3 Å². The molecule has 4 aromatic rings. The fourth-order valence-electron chi connectivity index (χ4n) is 5.70. The SMILES string of the molecule is N[C@@H]1c2cccnc2CC12CCN(c1cc(S(N)(=O)=O)c(Sc3cccc(Cl)c3Cl)c3nnc(CO)n13)CC2. The lowest BCUT2D eigenvalue weighted by Gasteiger charge is -2.43. The maximum atomic E-state index is 12.9. The van der Waals surface area contributed by atoms with Gasteiger partial charge in [-0.05, 0) is 48.4 Å². The molecule has 1 atom stereocenters. The van der Waals surface area contributed by atoms with Crippen molar-refractivity contribution >= 4 is 56.5 Å². The fraction of sp³-hybridized carbons (Fsp3) is 0.320. The Hall–Kier alpha value is -2.45. The van der Waals surface area contributed by atoms with Gasteiger partial charge in [-0.2, -0.15) is 0 Å². The smallest absolute Gasteiger partial charge is 0.239 e. The Morgan fingerprint density at radius 3 is 2.62 bits per heavy atom. The van der Waals surface area contributed by atoms with Gasteiger partial charge in [0.15, 0.2) is 11.5 Å². The number of hydrogen-bond donors (Lipinski definition) is 3. The normalized spacial score (nSPS) is 18.7. The van der Waals surface area contributed by atoms with Crippen LogP contribution in [-0.2, 0) is 23.1 Å². The highest BCUT2D eigenvalue weighted by atomic mass is 35.5. The number of halogens is 2. The molecule has 204 valence electrons. The number of aliphatic hydroxyl groups excluding tert-OH is 1. The van der Waals surface area contributed by atoms with Gasteiger partial charge in [0.05, 0.1) is 14.9 Å². The fourth-order valence-corrected chi connectivity index (χ4v) is 8.21. The lowest BCUT2D eigenvalue weighted by atomic mass is 9.73. The molecule has 39 heavy (non-hydrogen) atoms. The van der Waals surface area contributed by atoms with Crippen molar-refractivity contribution in [3.8, 4) is 0 Å². The monoisotopic (exact) mass is 605 g/mol. The molecule has 4 heterocycles. The van der Waals surface area contributed by atoms with Crippen LogP contribution >= 0.6 is 35.0 Å². The van der Waals surface area contributed by atoms with Gasteiger partial charge in [-0.25, -0.2) is 13.6 Å². The molecule has 0 unspecified atom stereocenters. The van der Waals surface area contributed by atoms with Crippen LogP contribution in [0.5, 0.6) is 0 Å². The maximum Gasteiger partial charge on any atom is 0.239 e. The predicted molar refractivity (Wildman–Crippen MR) is 150 cm³/mol. The van der Waals surface area contributed by atoms with E-state index >= 15 is 0 Å². The molecular weight excluding hydrogens is 581 g/mol. The zero-order valence-corrected chi connectivity index (χ0v) is 23.7. The first-order valence-electron chi connectivity index (χ1n) is 12.2. The molecule has 2 aliphatic rings. The van der Waals surface area contributed by atoms with Crippen molar-refractivity contribution in [3.63, 3.8) is 0 Å². The molecule has 1 aromatic carbocycles. The van der Waals surface area contributed by atoms with E-state index in [9.17, 15) is 13.5 Å². The number of sulfonamides is 1. The highest BCUT2D eigenvalue weighted by molar-refractivity contribution is 8.00. The summed E-state index contributed by atoms with van der Waals surface area (Å²) in [5.74, 6) is 0.802. The third kappa shape index (κ3) is 4.48. The van der Waals surface area contributed by atoms with E-state index in [1.807, 2.05) is 12.1 Å². The Kier molecular flexibility index (Phi) is 6.78. The van der Waals surface area contributed by atoms with Crippen LogP contribution in [0.3, 0.4) is 0 Å². The first-order valence-corrected chi connectivity index (χ1v) is 15.4. The number of pyridine rings is 2. The second kappa shape index (κ2) is 9.88. The zero-order valence-electron chi connectivity index (χ0n) is 20.6. The molecule has 6 rings (SSSR count). The minimum absolute atomic E-state index is 0.114. The van der Waals surface area contributed by atoms with Gasteiger partial charge in [0.1, 0.15) is 17.3 Å². The van der Waals surface area contributed by atoms with Gasteiger partial charge in [-0.15, -0.1) is 10.2 Å². The molecule has 1 aliphatic carbocycles. The predicted octanol–water partition coefficient (Wildman–Crippen LogP) is 3.56. The molecule has 1 saturated heterocycles. The third-order valence-electron chi connectivity index (χ3n) is 7.75. The van der Waals surface area contributed by atoms with E-state index in [0.29, 0.717) is 28.8 Å². The van der Waals surface area contributed by atoms with Crippen LogP contribution in [0, 0.1) is 5.41 Å². The van der Waals surface area contributed by atoms with Crippen LogP contribution in [0.2, 0.25) is 10.0 Å². The quantitative estimate of drug-likeness (QED) is 0.310. The van der Waals surface area contributed by atoms with Crippen molar-refractivity contribution in [1.82, 2.24) is 19.6 Å². The highest BCUT2D eigenvalue weighted by Gasteiger charge is 2.47. The zero-order chi connectivity index (χ0) is 27.5. The lowest BCUT2D eigenvalue weighted by molar-refractivity contribution is 0.186. The van der Waals surface area contributed by atoms with E-state index in [-0.39, 0.29) is 37.7 Å². The Bertz CT molecular complexity index is 1710. The summed E-state index contributed by atoms with van der Waals surface area (Å²) < 4.78 is 27.4. The van der Waals surface area contributed by atoms with Crippen LogP contribution in [0.25, 0.3) is 5.65 Å². The molecule has 3 aromatic heterocycles. The largest absolute Gasteiger partial charge is 0.388 e. The number of rotatable bonds is 5. The topological polar surface area (TPSA) is 153 Å². The first-order chi connectivity index (χ1) is 18.6. The summed E-state index contributed by atoms with van der Waals surface area (Å²) in [6.07, 6.45) is 4.16. The van der Waals surface area contributed by atoms with Crippen LogP contribution in [0.4, 0.5) is 5.82 Å².